The Morgan fingerprint density at radius 1 is 1.06 bits per heavy atom. The van der Waals surface area contributed by atoms with Crippen molar-refractivity contribution in [1.29, 1.82) is 0 Å². The molecule has 1 aromatic rings. The van der Waals surface area contributed by atoms with E-state index < -0.39 is 35.2 Å². The number of ether oxygens (including phenoxy) is 1. The molecule has 0 aliphatic carbocycles. The molecule has 1 aromatic carbocycles. The molecule has 0 aliphatic heterocycles. The summed E-state index contributed by atoms with van der Waals surface area (Å²) in [6.07, 6.45) is -4.89. The number of rotatable bonds is 4. The predicted octanol–water partition coefficient (Wildman–Crippen LogP) is 2.93. The minimum atomic E-state index is -4.98. The first-order valence-corrected chi connectivity index (χ1v) is 4.40. The van der Waals surface area contributed by atoms with Crippen molar-refractivity contribution < 1.29 is 36.3 Å². The van der Waals surface area contributed by atoms with Gasteiger partial charge in [0.2, 0.25) is 0 Å². The number of halogens is 5. The Labute approximate surface area is 97.2 Å². The summed E-state index contributed by atoms with van der Waals surface area (Å²) < 4.78 is 65.2. The van der Waals surface area contributed by atoms with E-state index >= 15 is 0 Å². The van der Waals surface area contributed by atoms with Crippen molar-refractivity contribution in [2.75, 3.05) is 0 Å². The molecule has 0 N–H and O–H groups in total. The number of alkyl halides is 5. The van der Waals surface area contributed by atoms with Crippen LogP contribution in [-0.4, -0.2) is 19.2 Å². The molecule has 0 bridgehead atoms. The smallest absolute Gasteiger partial charge is 0.419 e. The molecule has 0 spiro atoms. The van der Waals surface area contributed by atoms with E-state index in [1.165, 1.54) is 0 Å². The van der Waals surface area contributed by atoms with Gasteiger partial charge in [-0.1, -0.05) is 0 Å². The summed E-state index contributed by atoms with van der Waals surface area (Å²) in [5.74, 6) is -1.20. The lowest BCUT2D eigenvalue weighted by atomic mass is 10.0. The number of aldehydes is 2. The van der Waals surface area contributed by atoms with Gasteiger partial charge in [-0.3, -0.25) is 9.59 Å². The van der Waals surface area contributed by atoms with Gasteiger partial charge < -0.3 is 4.74 Å². The van der Waals surface area contributed by atoms with Gasteiger partial charge in [-0.2, -0.15) is 22.0 Å². The molecule has 1 rings (SSSR count). The average Bonchev–Trinajstić information content (AvgIpc) is 2.26. The molecule has 0 saturated carbocycles. The summed E-state index contributed by atoms with van der Waals surface area (Å²) in [7, 11) is 0. The summed E-state index contributed by atoms with van der Waals surface area (Å²) in [5.41, 5.74) is -2.57. The Morgan fingerprint density at radius 3 is 1.94 bits per heavy atom. The van der Waals surface area contributed by atoms with Crippen LogP contribution < -0.4 is 4.74 Å². The standard InChI is InChI=1S/C10H5F5O3/c11-9(12)18-8-2-6(4-17)5(3-16)1-7(8)10(13,14)15/h1-4,9H. The minimum absolute atomic E-state index is 0.0190. The molecule has 18 heavy (non-hydrogen) atoms. The zero-order valence-electron chi connectivity index (χ0n) is 8.50. The molecular formula is C10H5F5O3. The second-order valence-corrected chi connectivity index (χ2v) is 3.09. The number of benzene rings is 1. The van der Waals surface area contributed by atoms with Crippen molar-refractivity contribution >= 4 is 12.6 Å². The largest absolute Gasteiger partial charge is 0.434 e. The lowest BCUT2D eigenvalue weighted by molar-refractivity contribution is -0.141. The Kier molecular flexibility index (Phi) is 4.00. The van der Waals surface area contributed by atoms with Crippen LogP contribution in [0.4, 0.5) is 22.0 Å². The summed E-state index contributed by atoms with van der Waals surface area (Å²) in [5, 5.41) is 0. The van der Waals surface area contributed by atoms with Crippen LogP contribution in [0, 0.1) is 0 Å². The maximum atomic E-state index is 12.5. The van der Waals surface area contributed by atoms with E-state index in [9.17, 15) is 31.5 Å². The monoisotopic (exact) mass is 268 g/mol. The molecule has 8 heteroatoms. The van der Waals surface area contributed by atoms with Crippen molar-refractivity contribution in [3.63, 3.8) is 0 Å². The number of carbonyl (C=O) groups is 2. The minimum Gasteiger partial charge on any atom is -0.434 e. The van der Waals surface area contributed by atoms with Crippen molar-refractivity contribution in [3.05, 3.63) is 28.8 Å². The van der Waals surface area contributed by atoms with Gasteiger partial charge in [-0.15, -0.1) is 0 Å². The van der Waals surface area contributed by atoms with Gasteiger partial charge in [-0.25, -0.2) is 0 Å². The summed E-state index contributed by atoms with van der Waals surface area (Å²) in [6, 6.07) is 0.736. The van der Waals surface area contributed by atoms with Gasteiger partial charge in [-0.05, 0) is 12.1 Å². The normalized spacial score (nSPS) is 11.4. The van der Waals surface area contributed by atoms with Crippen LogP contribution in [0.25, 0.3) is 0 Å². The van der Waals surface area contributed by atoms with E-state index in [1.807, 2.05) is 0 Å². The van der Waals surface area contributed by atoms with Gasteiger partial charge >= 0.3 is 12.8 Å². The topological polar surface area (TPSA) is 43.4 Å². The fourth-order valence-electron chi connectivity index (χ4n) is 1.23. The van der Waals surface area contributed by atoms with Crippen molar-refractivity contribution in [2.45, 2.75) is 12.8 Å². The Balaban J connectivity index is 3.45. The molecule has 0 aromatic heterocycles. The van der Waals surface area contributed by atoms with Crippen LogP contribution in [0.5, 0.6) is 5.75 Å². The molecule has 0 unspecified atom stereocenters. The van der Waals surface area contributed by atoms with Gasteiger partial charge in [0, 0.05) is 11.1 Å². The first kappa shape index (κ1) is 14.1. The summed E-state index contributed by atoms with van der Waals surface area (Å²) in [6.45, 7) is -3.48. The SMILES string of the molecule is O=Cc1cc(OC(F)F)c(C(F)(F)F)cc1C=O. The molecule has 0 aliphatic rings. The summed E-state index contributed by atoms with van der Waals surface area (Å²) in [4.78, 5) is 21.0. The first-order valence-electron chi connectivity index (χ1n) is 4.40. The third-order valence-electron chi connectivity index (χ3n) is 1.96. The van der Waals surface area contributed by atoms with Crippen molar-refractivity contribution in [2.24, 2.45) is 0 Å². The van der Waals surface area contributed by atoms with Crippen LogP contribution in [-0.2, 0) is 6.18 Å². The molecule has 0 radical (unpaired) electrons. The zero-order chi connectivity index (χ0) is 13.9. The molecule has 0 amide bonds. The van der Waals surface area contributed by atoms with Gasteiger partial charge in [0.15, 0.2) is 12.6 Å². The molecule has 0 atom stereocenters. The molecule has 0 fully saturated rings. The maximum absolute atomic E-state index is 12.5. The Bertz CT molecular complexity index is 467. The third kappa shape index (κ3) is 3.02. The number of hydrogen-bond acceptors (Lipinski definition) is 3. The average molecular weight is 268 g/mol. The summed E-state index contributed by atoms with van der Waals surface area (Å²) >= 11 is 0. The Hall–Kier alpha value is -1.99. The van der Waals surface area contributed by atoms with E-state index in [0.29, 0.717) is 6.07 Å². The van der Waals surface area contributed by atoms with Gasteiger partial charge in [0.25, 0.3) is 0 Å². The molecular weight excluding hydrogens is 263 g/mol. The fraction of sp³-hybridized carbons (Fsp3) is 0.200. The highest BCUT2D eigenvalue weighted by molar-refractivity contribution is 5.91. The molecule has 0 heterocycles. The van der Waals surface area contributed by atoms with Crippen LogP contribution in [0.1, 0.15) is 26.3 Å². The van der Waals surface area contributed by atoms with E-state index in [-0.39, 0.29) is 18.6 Å². The highest BCUT2D eigenvalue weighted by Crippen LogP contribution is 2.38. The molecule has 98 valence electrons. The van der Waals surface area contributed by atoms with E-state index in [1.54, 1.807) is 0 Å². The predicted molar refractivity (Wildman–Crippen MR) is 48.9 cm³/mol. The van der Waals surface area contributed by atoms with E-state index in [0.717, 1.165) is 0 Å². The lowest BCUT2D eigenvalue weighted by Crippen LogP contribution is -2.13. The number of carbonyl (C=O) groups excluding carboxylic acids is 2. The van der Waals surface area contributed by atoms with Crippen LogP contribution in [0.3, 0.4) is 0 Å². The van der Waals surface area contributed by atoms with Crippen molar-refractivity contribution in [3.8, 4) is 5.75 Å². The highest BCUT2D eigenvalue weighted by atomic mass is 19.4. The molecule has 0 saturated heterocycles. The second kappa shape index (κ2) is 5.11. The lowest BCUT2D eigenvalue weighted by Gasteiger charge is -2.14. The second-order valence-electron chi connectivity index (χ2n) is 3.09. The quantitative estimate of drug-likeness (QED) is 0.623. The highest BCUT2D eigenvalue weighted by Gasteiger charge is 2.36. The molecule has 3 nitrogen and oxygen atoms in total. The van der Waals surface area contributed by atoms with Crippen LogP contribution >= 0.6 is 0 Å². The van der Waals surface area contributed by atoms with Gasteiger partial charge in [0.1, 0.15) is 5.75 Å². The third-order valence-corrected chi connectivity index (χ3v) is 1.96. The van der Waals surface area contributed by atoms with Gasteiger partial charge in [0.05, 0.1) is 5.56 Å². The fourth-order valence-corrected chi connectivity index (χ4v) is 1.23. The van der Waals surface area contributed by atoms with E-state index in [2.05, 4.69) is 4.74 Å². The van der Waals surface area contributed by atoms with Crippen LogP contribution in [0.2, 0.25) is 0 Å². The zero-order valence-corrected chi connectivity index (χ0v) is 8.50. The van der Waals surface area contributed by atoms with Crippen molar-refractivity contribution in [1.82, 2.24) is 0 Å². The number of hydrogen-bond donors (Lipinski definition) is 0. The van der Waals surface area contributed by atoms with Crippen LogP contribution in [0.15, 0.2) is 12.1 Å². The maximum Gasteiger partial charge on any atom is 0.419 e. The Morgan fingerprint density at radius 2 is 1.56 bits per heavy atom. The van der Waals surface area contributed by atoms with E-state index in [4.69, 9.17) is 0 Å². The first-order chi connectivity index (χ1) is 8.29.